The minimum absolute atomic E-state index is 0.178. The van der Waals surface area contributed by atoms with Gasteiger partial charge in [0.05, 0.1) is 5.92 Å². The number of halogens is 2. The highest BCUT2D eigenvalue weighted by Gasteiger charge is 2.29. The van der Waals surface area contributed by atoms with Crippen LogP contribution >= 0.6 is 0 Å². The molecule has 2 rings (SSSR count). The molecule has 7 heteroatoms. The molecule has 0 spiro atoms. The van der Waals surface area contributed by atoms with Gasteiger partial charge in [-0.25, -0.2) is 8.78 Å². The van der Waals surface area contributed by atoms with Crippen LogP contribution in [-0.2, 0) is 9.59 Å². The first-order valence-corrected chi connectivity index (χ1v) is 7.92. The zero-order valence-electron chi connectivity index (χ0n) is 13.4. The van der Waals surface area contributed by atoms with E-state index in [9.17, 15) is 18.4 Å². The lowest BCUT2D eigenvalue weighted by Crippen LogP contribution is -2.29. The van der Waals surface area contributed by atoms with Gasteiger partial charge in [0, 0.05) is 17.7 Å². The minimum atomic E-state index is -2.56. The molecule has 1 aliphatic rings. The van der Waals surface area contributed by atoms with Crippen LogP contribution in [-0.4, -0.2) is 30.0 Å². The smallest absolute Gasteiger partial charge is 0.306 e. The van der Waals surface area contributed by atoms with E-state index in [1.54, 1.807) is 19.1 Å². The number of nitrogens with one attached hydrogen (secondary N) is 1. The number of aliphatic carboxylic acids is 1. The second kappa shape index (κ2) is 8.08. The van der Waals surface area contributed by atoms with Crippen LogP contribution in [0, 0.1) is 18.8 Å². The van der Waals surface area contributed by atoms with E-state index in [1.807, 2.05) is 0 Å². The largest absolute Gasteiger partial charge is 0.487 e. The molecule has 1 fully saturated rings. The van der Waals surface area contributed by atoms with Crippen molar-refractivity contribution in [3.05, 3.63) is 23.8 Å². The summed E-state index contributed by atoms with van der Waals surface area (Å²) in [5.41, 5.74) is 1.19. The normalized spacial score (nSPS) is 20.7. The number of carbonyl (C=O) groups is 2. The molecule has 0 saturated heterocycles. The number of rotatable bonds is 6. The maximum absolute atomic E-state index is 12.3. The number of carbonyl (C=O) groups excluding carboxylic acids is 1. The summed E-state index contributed by atoms with van der Waals surface area (Å²) in [4.78, 5) is 23.2. The third-order valence-corrected chi connectivity index (χ3v) is 4.27. The topological polar surface area (TPSA) is 75.6 Å². The van der Waals surface area contributed by atoms with Gasteiger partial charge < -0.3 is 15.2 Å². The van der Waals surface area contributed by atoms with Crippen LogP contribution in [0.2, 0.25) is 0 Å². The number of amides is 1. The van der Waals surface area contributed by atoms with Gasteiger partial charge in [-0.3, -0.25) is 9.59 Å². The van der Waals surface area contributed by atoms with Gasteiger partial charge in [-0.05, 0) is 44.2 Å². The Bertz CT molecular complexity index is 598. The second-order valence-corrected chi connectivity index (χ2v) is 6.06. The number of aryl methyl sites for hydroxylation is 1. The number of carboxylic acids is 1. The predicted octanol–water partition coefficient (Wildman–Crippen LogP) is 3.47. The zero-order chi connectivity index (χ0) is 17.7. The molecule has 0 unspecified atom stereocenters. The second-order valence-electron chi connectivity index (χ2n) is 6.06. The number of alkyl halides is 2. The molecule has 0 aromatic heterocycles. The summed E-state index contributed by atoms with van der Waals surface area (Å²) in [7, 11) is 0. The van der Waals surface area contributed by atoms with Crippen LogP contribution < -0.4 is 10.1 Å². The van der Waals surface area contributed by atoms with E-state index >= 15 is 0 Å². The summed E-state index contributed by atoms with van der Waals surface area (Å²) in [6.45, 7) is 1.04. The van der Waals surface area contributed by atoms with Crippen molar-refractivity contribution in [1.82, 2.24) is 0 Å². The quantitative estimate of drug-likeness (QED) is 0.831. The van der Waals surface area contributed by atoms with Crippen molar-refractivity contribution < 1.29 is 28.2 Å². The molecule has 2 N–H and O–H groups in total. The maximum atomic E-state index is 12.3. The highest BCUT2D eigenvalue weighted by molar-refractivity contribution is 5.93. The van der Waals surface area contributed by atoms with Gasteiger partial charge in [-0.2, -0.15) is 0 Å². The van der Waals surface area contributed by atoms with Gasteiger partial charge in [0.1, 0.15) is 12.4 Å². The average Bonchev–Trinajstić information content (AvgIpc) is 2.55. The van der Waals surface area contributed by atoms with Gasteiger partial charge in [0.25, 0.3) is 6.43 Å². The third-order valence-electron chi connectivity index (χ3n) is 4.27. The summed E-state index contributed by atoms with van der Waals surface area (Å²) >= 11 is 0. The Kier molecular flexibility index (Phi) is 6.11. The first-order chi connectivity index (χ1) is 11.4. The highest BCUT2D eigenvalue weighted by Crippen LogP contribution is 2.30. The fraction of sp³-hybridized carbons (Fsp3) is 0.529. The average molecular weight is 341 g/mol. The van der Waals surface area contributed by atoms with Gasteiger partial charge in [-0.15, -0.1) is 0 Å². The third kappa shape index (κ3) is 4.91. The van der Waals surface area contributed by atoms with E-state index in [0.717, 1.165) is 0 Å². The number of ether oxygens (including phenoxy) is 1. The van der Waals surface area contributed by atoms with Gasteiger partial charge in [0.15, 0.2) is 0 Å². The summed E-state index contributed by atoms with van der Waals surface area (Å²) in [6.07, 6.45) is -0.520. The molecule has 0 atom stereocenters. The molecule has 1 aromatic carbocycles. The minimum Gasteiger partial charge on any atom is -0.487 e. The summed E-state index contributed by atoms with van der Waals surface area (Å²) in [5, 5.41) is 11.7. The first kappa shape index (κ1) is 18.2. The van der Waals surface area contributed by atoms with E-state index in [1.165, 1.54) is 6.07 Å². The molecular weight excluding hydrogens is 320 g/mol. The van der Waals surface area contributed by atoms with Crippen molar-refractivity contribution in [3.63, 3.8) is 0 Å². The Balaban J connectivity index is 1.94. The lowest BCUT2D eigenvalue weighted by molar-refractivity contribution is -0.143. The molecule has 132 valence electrons. The van der Waals surface area contributed by atoms with E-state index in [4.69, 9.17) is 9.84 Å². The van der Waals surface area contributed by atoms with Crippen LogP contribution in [0.4, 0.5) is 14.5 Å². The Hall–Kier alpha value is -2.18. The molecular formula is C17H21F2NO4. The molecule has 5 nitrogen and oxygen atoms in total. The maximum Gasteiger partial charge on any atom is 0.306 e. The Morgan fingerprint density at radius 3 is 2.46 bits per heavy atom. The van der Waals surface area contributed by atoms with E-state index in [0.29, 0.717) is 42.7 Å². The summed E-state index contributed by atoms with van der Waals surface area (Å²) < 4.78 is 29.6. The molecule has 0 bridgehead atoms. The van der Waals surface area contributed by atoms with E-state index < -0.39 is 19.0 Å². The fourth-order valence-corrected chi connectivity index (χ4v) is 2.83. The lowest BCUT2D eigenvalue weighted by Gasteiger charge is -2.25. The number of anilines is 1. The molecule has 0 aliphatic heterocycles. The van der Waals surface area contributed by atoms with Crippen LogP contribution in [0.5, 0.6) is 5.75 Å². The number of hydrogen-bond acceptors (Lipinski definition) is 3. The van der Waals surface area contributed by atoms with Crippen LogP contribution in [0.1, 0.15) is 31.2 Å². The van der Waals surface area contributed by atoms with Crippen molar-refractivity contribution in [1.29, 1.82) is 0 Å². The van der Waals surface area contributed by atoms with Crippen LogP contribution in [0.25, 0.3) is 0 Å². The summed E-state index contributed by atoms with van der Waals surface area (Å²) in [5.74, 6) is -1.28. The molecule has 1 aromatic rings. The van der Waals surface area contributed by atoms with Gasteiger partial charge in [0.2, 0.25) is 5.91 Å². The van der Waals surface area contributed by atoms with Crippen molar-refractivity contribution in [3.8, 4) is 5.75 Å². The van der Waals surface area contributed by atoms with Gasteiger partial charge in [-0.1, -0.05) is 6.07 Å². The lowest BCUT2D eigenvalue weighted by atomic mass is 9.81. The summed E-state index contributed by atoms with van der Waals surface area (Å²) in [6, 6.07) is 4.90. The van der Waals surface area contributed by atoms with Crippen LogP contribution in [0.3, 0.4) is 0 Å². The van der Waals surface area contributed by atoms with Crippen molar-refractivity contribution in [2.24, 2.45) is 11.8 Å². The van der Waals surface area contributed by atoms with Crippen molar-refractivity contribution in [2.45, 2.75) is 39.0 Å². The van der Waals surface area contributed by atoms with Crippen molar-refractivity contribution in [2.75, 3.05) is 11.9 Å². The Morgan fingerprint density at radius 2 is 1.88 bits per heavy atom. The molecule has 0 radical (unpaired) electrons. The molecule has 1 aliphatic carbocycles. The molecule has 0 heterocycles. The zero-order valence-corrected chi connectivity index (χ0v) is 13.4. The predicted molar refractivity (Wildman–Crippen MR) is 84.4 cm³/mol. The fourth-order valence-electron chi connectivity index (χ4n) is 2.83. The van der Waals surface area contributed by atoms with Crippen molar-refractivity contribution >= 4 is 17.6 Å². The number of hydrogen-bond donors (Lipinski definition) is 2. The van der Waals surface area contributed by atoms with Crippen LogP contribution in [0.15, 0.2) is 18.2 Å². The Labute approximate surface area is 139 Å². The molecule has 1 saturated carbocycles. The first-order valence-electron chi connectivity index (χ1n) is 7.92. The van der Waals surface area contributed by atoms with E-state index in [2.05, 4.69) is 5.32 Å². The number of benzene rings is 1. The van der Waals surface area contributed by atoms with Gasteiger partial charge >= 0.3 is 5.97 Å². The molecule has 24 heavy (non-hydrogen) atoms. The monoisotopic (exact) mass is 341 g/mol. The molecule has 1 amide bonds. The number of carboxylic acid groups (broad SMARTS) is 1. The standard InChI is InChI=1S/C17H21F2NO4/c1-10-2-7-13(8-14(10)24-9-15(18)19)20-16(21)11-3-5-12(6-4-11)17(22)23/h2,7-8,11-12,15H,3-6,9H2,1H3,(H,20,21)(H,22,23). The highest BCUT2D eigenvalue weighted by atomic mass is 19.3. The Morgan fingerprint density at radius 1 is 1.25 bits per heavy atom. The van der Waals surface area contributed by atoms with E-state index in [-0.39, 0.29) is 17.7 Å². The SMILES string of the molecule is Cc1ccc(NC(=O)C2CCC(C(=O)O)CC2)cc1OCC(F)F.